The minimum Gasteiger partial charge on any atom is -0.496 e. The predicted molar refractivity (Wildman–Crippen MR) is 59.3 cm³/mol. The van der Waals surface area contributed by atoms with Gasteiger partial charge in [0.25, 0.3) is 0 Å². The van der Waals surface area contributed by atoms with E-state index < -0.39 is 0 Å². The molecule has 1 aromatic heterocycles. The highest BCUT2D eigenvalue weighted by Crippen LogP contribution is 2.28. The number of aliphatic hydroxyl groups excluding tert-OH is 1. The molecule has 0 saturated heterocycles. The number of hydrogen-bond acceptors (Lipinski definition) is 4. The Kier molecular flexibility index (Phi) is 3.22. The first kappa shape index (κ1) is 10.7. The van der Waals surface area contributed by atoms with E-state index in [9.17, 15) is 0 Å². The Balaban J connectivity index is 2.34. The van der Waals surface area contributed by atoms with Gasteiger partial charge in [-0.1, -0.05) is 12.1 Å². The van der Waals surface area contributed by atoms with Crippen LogP contribution >= 0.6 is 0 Å². The fraction of sp³-hybridized carbons (Fsp3) is 0.250. The Morgan fingerprint density at radius 3 is 2.94 bits per heavy atom. The van der Waals surface area contributed by atoms with Gasteiger partial charge in [0, 0.05) is 6.42 Å². The summed E-state index contributed by atoms with van der Waals surface area (Å²) in [5.41, 5.74) is 0.814. The molecule has 0 aliphatic carbocycles. The van der Waals surface area contributed by atoms with Crippen LogP contribution in [0.25, 0.3) is 11.5 Å². The molecule has 0 radical (unpaired) electrons. The Bertz CT molecular complexity index is 465. The highest BCUT2D eigenvalue weighted by Gasteiger charge is 2.10. The molecule has 0 aliphatic rings. The third kappa shape index (κ3) is 2.06. The minimum atomic E-state index is 0.0561. The van der Waals surface area contributed by atoms with Gasteiger partial charge in [0.1, 0.15) is 11.5 Å². The number of oxazole rings is 1. The van der Waals surface area contributed by atoms with E-state index in [1.54, 1.807) is 13.3 Å². The van der Waals surface area contributed by atoms with Gasteiger partial charge in [-0.25, -0.2) is 4.98 Å². The largest absolute Gasteiger partial charge is 0.496 e. The van der Waals surface area contributed by atoms with Crippen LogP contribution in [-0.2, 0) is 6.42 Å². The van der Waals surface area contributed by atoms with E-state index in [1.165, 1.54) is 0 Å². The molecule has 16 heavy (non-hydrogen) atoms. The molecule has 0 amide bonds. The van der Waals surface area contributed by atoms with Crippen molar-refractivity contribution in [3.8, 4) is 17.2 Å². The zero-order valence-corrected chi connectivity index (χ0v) is 9.01. The second kappa shape index (κ2) is 4.81. The third-order valence-corrected chi connectivity index (χ3v) is 2.25. The van der Waals surface area contributed by atoms with E-state index in [0.29, 0.717) is 18.1 Å². The van der Waals surface area contributed by atoms with Gasteiger partial charge in [-0.05, 0) is 12.1 Å². The predicted octanol–water partition coefficient (Wildman–Crippen LogP) is 1.88. The molecule has 2 rings (SSSR count). The Morgan fingerprint density at radius 1 is 1.38 bits per heavy atom. The van der Waals surface area contributed by atoms with Crippen LogP contribution in [0.2, 0.25) is 0 Å². The lowest BCUT2D eigenvalue weighted by Crippen LogP contribution is -1.87. The Labute approximate surface area is 93.5 Å². The smallest absolute Gasteiger partial charge is 0.229 e. The molecule has 4 nitrogen and oxygen atoms in total. The number of ether oxygens (including phenoxy) is 1. The molecule has 1 heterocycles. The maximum atomic E-state index is 8.79. The topological polar surface area (TPSA) is 55.5 Å². The van der Waals surface area contributed by atoms with E-state index in [2.05, 4.69) is 4.98 Å². The highest BCUT2D eigenvalue weighted by atomic mass is 16.5. The summed E-state index contributed by atoms with van der Waals surface area (Å²) < 4.78 is 10.7. The van der Waals surface area contributed by atoms with E-state index in [-0.39, 0.29) is 6.61 Å². The van der Waals surface area contributed by atoms with Crippen LogP contribution in [0.15, 0.2) is 34.9 Å². The minimum absolute atomic E-state index is 0.0561. The lowest BCUT2D eigenvalue weighted by molar-refractivity contribution is 0.288. The van der Waals surface area contributed by atoms with Crippen molar-refractivity contribution >= 4 is 0 Å². The number of aromatic nitrogens is 1. The van der Waals surface area contributed by atoms with Gasteiger partial charge in [-0.15, -0.1) is 0 Å². The van der Waals surface area contributed by atoms with Gasteiger partial charge in [0.2, 0.25) is 5.89 Å². The molecule has 0 spiro atoms. The quantitative estimate of drug-likeness (QED) is 0.853. The summed E-state index contributed by atoms with van der Waals surface area (Å²) in [6.07, 6.45) is 2.10. The van der Waals surface area contributed by atoms with Crippen LogP contribution in [0, 0.1) is 0 Å². The van der Waals surface area contributed by atoms with Crippen molar-refractivity contribution in [3.63, 3.8) is 0 Å². The van der Waals surface area contributed by atoms with Crippen LogP contribution in [-0.4, -0.2) is 23.8 Å². The molecule has 0 atom stereocenters. The lowest BCUT2D eigenvalue weighted by Gasteiger charge is -2.03. The fourth-order valence-corrected chi connectivity index (χ4v) is 1.48. The molecule has 0 unspecified atom stereocenters. The summed E-state index contributed by atoms with van der Waals surface area (Å²) in [7, 11) is 1.61. The van der Waals surface area contributed by atoms with Crippen LogP contribution in [0.5, 0.6) is 5.75 Å². The number of aliphatic hydroxyl groups is 1. The van der Waals surface area contributed by atoms with Crippen molar-refractivity contribution in [1.82, 2.24) is 4.98 Å². The van der Waals surface area contributed by atoms with Gasteiger partial charge in [0.15, 0.2) is 0 Å². The molecule has 0 aliphatic heterocycles. The van der Waals surface area contributed by atoms with E-state index >= 15 is 0 Å². The van der Waals surface area contributed by atoms with Crippen molar-refractivity contribution in [2.24, 2.45) is 0 Å². The van der Waals surface area contributed by atoms with Crippen LogP contribution < -0.4 is 4.74 Å². The second-order valence-electron chi connectivity index (χ2n) is 3.31. The zero-order chi connectivity index (χ0) is 11.4. The average molecular weight is 219 g/mol. The normalized spacial score (nSPS) is 10.4. The summed E-state index contributed by atoms with van der Waals surface area (Å²) in [5, 5.41) is 8.79. The summed E-state index contributed by atoms with van der Waals surface area (Å²) in [6, 6.07) is 7.52. The maximum absolute atomic E-state index is 8.79. The first-order valence-corrected chi connectivity index (χ1v) is 5.04. The first-order valence-electron chi connectivity index (χ1n) is 5.04. The molecule has 2 aromatic rings. The van der Waals surface area contributed by atoms with Crippen molar-refractivity contribution in [3.05, 3.63) is 36.2 Å². The summed E-state index contributed by atoms with van der Waals surface area (Å²) in [6.45, 7) is 0.0561. The zero-order valence-electron chi connectivity index (χ0n) is 9.01. The van der Waals surface area contributed by atoms with E-state index in [4.69, 9.17) is 14.3 Å². The number of benzene rings is 1. The molecular weight excluding hydrogens is 206 g/mol. The monoisotopic (exact) mass is 219 g/mol. The second-order valence-corrected chi connectivity index (χ2v) is 3.31. The van der Waals surface area contributed by atoms with Crippen molar-refractivity contribution in [2.45, 2.75) is 6.42 Å². The van der Waals surface area contributed by atoms with Crippen LogP contribution in [0.1, 0.15) is 5.76 Å². The maximum Gasteiger partial charge on any atom is 0.229 e. The first-order chi connectivity index (χ1) is 7.85. The molecule has 0 bridgehead atoms. The average Bonchev–Trinajstić information content (AvgIpc) is 2.78. The lowest BCUT2D eigenvalue weighted by atomic mass is 10.2. The van der Waals surface area contributed by atoms with Gasteiger partial charge >= 0.3 is 0 Å². The number of methoxy groups -OCH3 is 1. The molecule has 0 saturated carbocycles. The Morgan fingerprint density at radius 2 is 2.19 bits per heavy atom. The standard InChI is InChI=1S/C12H13NO3/c1-15-11-5-3-2-4-10(11)12-13-8-9(16-12)6-7-14/h2-5,8,14H,6-7H2,1H3. The number of hydrogen-bond donors (Lipinski definition) is 1. The number of para-hydroxylation sites is 1. The molecule has 4 heteroatoms. The highest BCUT2D eigenvalue weighted by molar-refractivity contribution is 5.62. The summed E-state index contributed by atoms with van der Waals surface area (Å²) in [4.78, 5) is 4.16. The van der Waals surface area contributed by atoms with E-state index in [0.717, 1.165) is 11.3 Å². The SMILES string of the molecule is COc1ccccc1-c1ncc(CCO)o1. The van der Waals surface area contributed by atoms with E-state index in [1.807, 2.05) is 24.3 Å². The molecule has 0 fully saturated rings. The van der Waals surface area contributed by atoms with Crippen molar-refractivity contribution in [2.75, 3.05) is 13.7 Å². The van der Waals surface area contributed by atoms with Crippen LogP contribution in [0.4, 0.5) is 0 Å². The number of rotatable bonds is 4. The summed E-state index contributed by atoms with van der Waals surface area (Å²) >= 11 is 0. The van der Waals surface area contributed by atoms with Gasteiger partial charge in [-0.3, -0.25) is 0 Å². The Hall–Kier alpha value is -1.81. The number of nitrogens with zero attached hydrogens (tertiary/aromatic N) is 1. The van der Waals surface area contributed by atoms with Gasteiger partial charge in [0.05, 0.1) is 25.5 Å². The van der Waals surface area contributed by atoms with Crippen molar-refractivity contribution in [1.29, 1.82) is 0 Å². The molecule has 1 N–H and O–H groups in total. The summed E-state index contributed by atoms with van der Waals surface area (Å²) in [5.74, 6) is 1.91. The van der Waals surface area contributed by atoms with Crippen molar-refractivity contribution < 1.29 is 14.3 Å². The van der Waals surface area contributed by atoms with Gasteiger partial charge in [-0.2, -0.15) is 0 Å². The molecule has 1 aromatic carbocycles. The van der Waals surface area contributed by atoms with Gasteiger partial charge < -0.3 is 14.3 Å². The molecule has 84 valence electrons. The van der Waals surface area contributed by atoms with Crippen LogP contribution in [0.3, 0.4) is 0 Å². The molecular formula is C12H13NO3. The fourth-order valence-electron chi connectivity index (χ4n) is 1.48. The third-order valence-electron chi connectivity index (χ3n) is 2.25.